The van der Waals surface area contributed by atoms with Crippen LogP contribution in [0.2, 0.25) is 10.0 Å². The van der Waals surface area contributed by atoms with Gasteiger partial charge in [0.25, 0.3) is 0 Å². The second-order valence-electron chi connectivity index (χ2n) is 8.60. The molecule has 0 saturated carbocycles. The molecule has 1 saturated heterocycles. The largest absolute Gasteiger partial charge is 0.480 e. The molecule has 6 nitrogen and oxygen atoms in total. The zero-order valence-electron chi connectivity index (χ0n) is 19.3. The Kier molecular flexibility index (Phi) is 8.16. The Morgan fingerprint density at radius 2 is 1.74 bits per heavy atom. The fraction of sp³-hybridized carbons (Fsp3) is 0.259. The standard InChI is InChI=1S/C27H28Cl2N4O2/c1-18(26-22(28)5-4-6-23(26)29)31-24(27(34)35)17-19-8-10-21(11-9-19)33-15-12-20(13-16-33)32-25-7-2-3-14-30-25/h2-11,14,20,24,31H,1,12-13,15-17H2,(H,30,32)(H,34,35)/t24-/m0/s1. The molecule has 1 aromatic heterocycles. The van der Waals surface area contributed by atoms with Crippen LogP contribution in [0.3, 0.4) is 0 Å². The van der Waals surface area contributed by atoms with Crippen LogP contribution in [0.15, 0.2) is 73.4 Å². The fourth-order valence-electron chi connectivity index (χ4n) is 4.29. The molecule has 2 heterocycles. The summed E-state index contributed by atoms with van der Waals surface area (Å²) < 4.78 is 0. The smallest absolute Gasteiger partial charge is 0.326 e. The van der Waals surface area contributed by atoms with E-state index in [1.807, 2.05) is 30.3 Å². The fourth-order valence-corrected chi connectivity index (χ4v) is 4.91. The van der Waals surface area contributed by atoms with Gasteiger partial charge in [-0.05, 0) is 54.8 Å². The molecule has 3 aromatic rings. The van der Waals surface area contributed by atoms with Crippen LogP contribution < -0.4 is 15.5 Å². The minimum Gasteiger partial charge on any atom is -0.480 e. The summed E-state index contributed by atoms with van der Waals surface area (Å²) in [5, 5.41) is 17.1. The van der Waals surface area contributed by atoms with Gasteiger partial charge < -0.3 is 20.6 Å². The van der Waals surface area contributed by atoms with E-state index in [1.165, 1.54) is 0 Å². The summed E-state index contributed by atoms with van der Waals surface area (Å²) >= 11 is 12.5. The van der Waals surface area contributed by atoms with Gasteiger partial charge in [-0.25, -0.2) is 9.78 Å². The topological polar surface area (TPSA) is 77.5 Å². The van der Waals surface area contributed by atoms with Crippen molar-refractivity contribution in [3.05, 3.63) is 94.6 Å². The Hall–Kier alpha value is -3.22. The Bertz CT molecular complexity index is 1140. The summed E-state index contributed by atoms with van der Waals surface area (Å²) in [5.41, 5.74) is 2.95. The number of nitrogens with zero attached hydrogens (tertiary/aromatic N) is 2. The lowest BCUT2D eigenvalue weighted by Gasteiger charge is -2.34. The summed E-state index contributed by atoms with van der Waals surface area (Å²) in [6.45, 7) is 5.85. The lowest BCUT2D eigenvalue weighted by molar-refractivity contribution is -0.139. The third-order valence-corrected chi connectivity index (χ3v) is 6.79. The number of carboxylic acids is 1. The molecule has 1 aliphatic heterocycles. The van der Waals surface area contributed by atoms with E-state index in [1.54, 1.807) is 24.4 Å². The highest BCUT2D eigenvalue weighted by atomic mass is 35.5. The van der Waals surface area contributed by atoms with Crippen molar-refractivity contribution in [2.24, 2.45) is 0 Å². The number of anilines is 2. The average molecular weight is 511 g/mol. The van der Waals surface area contributed by atoms with Crippen molar-refractivity contribution in [2.45, 2.75) is 31.3 Å². The van der Waals surface area contributed by atoms with Crippen molar-refractivity contribution in [3.63, 3.8) is 0 Å². The normalized spacial score (nSPS) is 14.9. The Labute approximate surface area is 215 Å². The number of hydrogen-bond acceptors (Lipinski definition) is 5. The first-order valence-electron chi connectivity index (χ1n) is 11.5. The molecule has 0 amide bonds. The first-order chi connectivity index (χ1) is 16.9. The van der Waals surface area contributed by atoms with Crippen LogP contribution in [0, 0.1) is 0 Å². The maximum Gasteiger partial charge on any atom is 0.326 e. The Morgan fingerprint density at radius 1 is 1.06 bits per heavy atom. The van der Waals surface area contributed by atoms with E-state index < -0.39 is 12.0 Å². The van der Waals surface area contributed by atoms with E-state index in [9.17, 15) is 9.90 Å². The van der Waals surface area contributed by atoms with E-state index in [2.05, 4.69) is 39.2 Å². The number of aromatic nitrogens is 1. The number of piperidine rings is 1. The number of nitrogens with one attached hydrogen (secondary N) is 2. The molecule has 182 valence electrons. The molecule has 0 radical (unpaired) electrons. The third-order valence-electron chi connectivity index (χ3n) is 6.16. The first kappa shape index (κ1) is 24.9. The molecule has 8 heteroatoms. The van der Waals surface area contributed by atoms with Crippen molar-refractivity contribution in [2.75, 3.05) is 23.3 Å². The molecule has 0 spiro atoms. The van der Waals surface area contributed by atoms with Gasteiger partial charge in [0, 0.05) is 48.7 Å². The molecule has 0 bridgehead atoms. The van der Waals surface area contributed by atoms with Gasteiger partial charge in [-0.1, -0.05) is 54.0 Å². The molecule has 1 atom stereocenters. The number of hydrogen-bond donors (Lipinski definition) is 3. The highest BCUT2D eigenvalue weighted by Gasteiger charge is 2.22. The van der Waals surface area contributed by atoms with E-state index in [-0.39, 0.29) is 0 Å². The predicted octanol–water partition coefficient (Wildman–Crippen LogP) is 5.73. The van der Waals surface area contributed by atoms with Crippen molar-refractivity contribution < 1.29 is 9.90 Å². The number of pyridine rings is 1. The number of carboxylic acid groups (broad SMARTS) is 1. The molecular weight excluding hydrogens is 483 g/mol. The maximum atomic E-state index is 11.9. The zero-order valence-corrected chi connectivity index (χ0v) is 20.8. The van der Waals surface area contributed by atoms with Crippen LogP contribution in [0.5, 0.6) is 0 Å². The van der Waals surface area contributed by atoms with Gasteiger partial charge in [-0.3, -0.25) is 0 Å². The van der Waals surface area contributed by atoms with Gasteiger partial charge in [0.2, 0.25) is 0 Å². The highest BCUT2D eigenvalue weighted by molar-refractivity contribution is 6.37. The molecule has 2 aromatic carbocycles. The monoisotopic (exact) mass is 510 g/mol. The lowest BCUT2D eigenvalue weighted by Crippen LogP contribution is -2.39. The molecule has 0 aliphatic carbocycles. The van der Waals surface area contributed by atoms with Crippen LogP contribution in [0.4, 0.5) is 11.5 Å². The number of halogens is 2. The average Bonchev–Trinajstić information content (AvgIpc) is 2.85. The predicted molar refractivity (Wildman–Crippen MR) is 143 cm³/mol. The van der Waals surface area contributed by atoms with Crippen LogP contribution >= 0.6 is 23.2 Å². The molecule has 4 rings (SSSR count). The van der Waals surface area contributed by atoms with Crippen LogP contribution in [0.25, 0.3) is 5.70 Å². The molecule has 35 heavy (non-hydrogen) atoms. The summed E-state index contributed by atoms with van der Waals surface area (Å²) in [5.74, 6) is -0.0581. The Balaban J connectivity index is 1.34. The van der Waals surface area contributed by atoms with E-state index in [4.69, 9.17) is 23.2 Å². The molecule has 1 aliphatic rings. The van der Waals surface area contributed by atoms with Crippen molar-refractivity contribution in [1.29, 1.82) is 0 Å². The van der Waals surface area contributed by atoms with E-state index in [0.29, 0.717) is 33.8 Å². The summed E-state index contributed by atoms with van der Waals surface area (Å²) in [4.78, 5) is 18.6. The van der Waals surface area contributed by atoms with Crippen molar-refractivity contribution in [1.82, 2.24) is 10.3 Å². The van der Waals surface area contributed by atoms with Gasteiger partial charge in [0.1, 0.15) is 11.9 Å². The SMILES string of the molecule is C=C(N[C@@H](Cc1ccc(N2CCC(Nc3ccccn3)CC2)cc1)C(=O)O)c1c(Cl)cccc1Cl. The number of carbonyl (C=O) groups is 1. The minimum atomic E-state index is -0.971. The number of rotatable bonds is 9. The molecule has 0 unspecified atom stereocenters. The van der Waals surface area contributed by atoms with Crippen LogP contribution in [-0.2, 0) is 11.2 Å². The molecule has 3 N–H and O–H groups in total. The van der Waals surface area contributed by atoms with E-state index >= 15 is 0 Å². The van der Waals surface area contributed by atoms with Crippen LogP contribution in [-0.4, -0.2) is 41.2 Å². The van der Waals surface area contributed by atoms with Gasteiger partial charge in [-0.15, -0.1) is 0 Å². The van der Waals surface area contributed by atoms with Crippen LogP contribution in [0.1, 0.15) is 24.0 Å². The molecular formula is C27H28Cl2N4O2. The second-order valence-corrected chi connectivity index (χ2v) is 9.42. The van der Waals surface area contributed by atoms with Gasteiger partial charge in [0.05, 0.1) is 10.0 Å². The quantitative estimate of drug-likeness (QED) is 0.341. The number of benzene rings is 2. The van der Waals surface area contributed by atoms with Crippen molar-refractivity contribution >= 4 is 46.4 Å². The zero-order chi connectivity index (χ0) is 24.8. The summed E-state index contributed by atoms with van der Waals surface area (Å²) in [6, 6.07) is 18.6. The summed E-state index contributed by atoms with van der Waals surface area (Å²) in [6.07, 6.45) is 4.14. The van der Waals surface area contributed by atoms with Gasteiger partial charge in [0.15, 0.2) is 0 Å². The van der Waals surface area contributed by atoms with Gasteiger partial charge in [-0.2, -0.15) is 0 Å². The second kappa shape index (κ2) is 11.5. The lowest BCUT2D eigenvalue weighted by atomic mass is 10.0. The molecule has 1 fully saturated rings. The Morgan fingerprint density at radius 3 is 2.34 bits per heavy atom. The minimum absolute atomic E-state index is 0.298. The first-order valence-corrected chi connectivity index (χ1v) is 12.3. The number of aliphatic carboxylic acids is 1. The van der Waals surface area contributed by atoms with Crippen molar-refractivity contribution in [3.8, 4) is 0 Å². The third kappa shape index (κ3) is 6.47. The highest BCUT2D eigenvalue weighted by Crippen LogP contribution is 2.29. The summed E-state index contributed by atoms with van der Waals surface area (Å²) in [7, 11) is 0. The maximum absolute atomic E-state index is 11.9. The van der Waals surface area contributed by atoms with E-state index in [0.717, 1.165) is 43.0 Å². The van der Waals surface area contributed by atoms with Gasteiger partial charge >= 0.3 is 5.97 Å².